The second-order valence-electron chi connectivity index (χ2n) is 13.0. The van der Waals surface area contributed by atoms with Gasteiger partial charge in [-0.2, -0.15) is 0 Å². The number of benzene rings is 6. The molecule has 0 saturated carbocycles. The van der Waals surface area contributed by atoms with E-state index in [0.29, 0.717) is 0 Å². The van der Waals surface area contributed by atoms with E-state index in [9.17, 15) is 0 Å². The molecule has 0 bridgehead atoms. The molecule has 0 fully saturated rings. The van der Waals surface area contributed by atoms with Crippen molar-refractivity contribution < 1.29 is 0 Å². The zero-order valence-electron chi connectivity index (χ0n) is 27.2. The number of aromatic amines is 1. The van der Waals surface area contributed by atoms with Crippen molar-refractivity contribution in [2.24, 2.45) is 0 Å². The minimum atomic E-state index is -0.0847. The number of rotatable bonds is 4. The first-order valence-corrected chi connectivity index (χ1v) is 16.5. The largest absolute Gasteiger partial charge is 0.354 e. The number of H-pyrrole nitrogens is 1. The normalized spacial score (nSPS) is 13.3. The van der Waals surface area contributed by atoms with Crippen molar-refractivity contribution in [3.8, 4) is 28.1 Å². The summed E-state index contributed by atoms with van der Waals surface area (Å²) in [7, 11) is 0. The number of allylic oxidation sites excluding steroid dienone is 3. The Morgan fingerprint density at radius 2 is 1.36 bits per heavy atom. The summed E-state index contributed by atoms with van der Waals surface area (Å²) in [4.78, 5) is 3.83. The van der Waals surface area contributed by atoms with E-state index in [1.54, 1.807) is 0 Å². The highest BCUT2D eigenvalue weighted by Gasteiger charge is 2.39. The van der Waals surface area contributed by atoms with Crippen LogP contribution in [0.2, 0.25) is 0 Å². The maximum atomic E-state index is 3.83. The summed E-state index contributed by atoms with van der Waals surface area (Å²) < 4.78 is 2.38. The molecule has 0 spiro atoms. The van der Waals surface area contributed by atoms with Crippen LogP contribution in [0.25, 0.3) is 71.6 Å². The van der Waals surface area contributed by atoms with Gasteiger partial charge in [0.05, 0.1) is 16.7 Å². The van der Waals surface area contributed by atoms with Gasteiger partial charge in [-0.15, -0.1) is 6.58 Å². The van der Waals surface area contributed by atoms with E-state index >= 15 is 0 Å². The van der Waals surface area contributed by atoms with Crippen LogP contribution in [0.1, 0.15) is 38.3 Å². The first-order valence-electron chi connectivity index (χ1n) is 16.5. The lowest BCUT2D eigenvalue weighted by Gasteiger charge is -2.22. The Hall–Kier alpha value is -5.60. The van der Waals surface area contributed by atoms with Gasteiger partial charge in [0.2, 0.25) is 0 Å². The third-order valence-electron chi connectivity index (χ3n) is 9.83. The molecule has 6 aromatic carbocycles. The van der Waals surface area contributed by atoms with Gasteiger partial charge in [-0.25, -0.2) is 0 Å². The molecular formula is C45H38N2. The van der Waals surface area contributed by atoms with E-state index in [-0.39, 0.29) is 5.41 Å². The Balaban J connectivity index is 0.000000497. The number of aromatic nitrogens is 2. The lowest BCUT2D eigenvalue weighted by Crippen LogP contribution is -2.14. The average molecular weight is 607 g/mol. The van der Waals surface area contributed by atoms with Gasteiger partial charge in [0.15, 0.2) is 0 Å². The lowest BCUT2D eigenvalue weighted by molar-refractivity contribution is 0.667. The van der Waals surface area contributed by atoms with Crippen LogP contribution in [0.3, 0.4) is 0 Å². The lowest BCUT2D eigenvalue weighted by atomic mass is 9.81. The molecule has 2 nitrogen and oxygen atoms in total. The van der Waals surface area contributed by atoms with Crippen molar-refractivity contribution in [2.75, 3.05) is 0 Å². The van der Waals surface area contributed by atoms with Crippen molar-refractivity contribution in [1.29, 1.82) is 0 Å². The molecule has 0 saturated heterocycles. The summed E-state index contributed by atoms with van der Waals surface area (Å²) >= 11 is 0. The number of hydrogen-bond donors (Lipinski definition) is 1. The Morgan fingerprint density at radius 1 is 0.681 bits per heavy atom. The molecule has 2 aromatic heterocycles. The maximum absolute atomic E-state index is 3.83. The molecular weight excluding hydrogens is 569 g/mol. The van der Waals surface area contributed by atoms with Crippen molar-refractivity contribution in [3.05, 3.63) is 163 Å². The summed E-state index contributed by atoms with van der Waals surface area (Å²) in [6, 6.07) is 46.6. The smallest absolute Gasteiger partial charge is 0.0541 e. The topological polar surface area (TPSA) is 20.7 Å². The van der Waals surface area contributed by atoms with Gasteiger partial charge < -0.3 is 9.55 Å². The Labute approximate surface area is 276 Å². The summed E-state index contributed by atoms with van der Waals surface area (Å²) in [6.07, 6.45) is 6.95. The van der Waals surface area contributed by atoms with Gasteiger partial charge in [0.1, 0.15) is 0 Å². The van der Waals surface area contributed by atoms with Crippen LogP contribution in [0.4, 0.5) is 0 Å². The molecule has 2 heteroatoms. The minimum Gasteiger partial charge on any atom is -0.354 e. The SMILES string of the molecule is C=CC/C=C\C.CC1(C)c2ccc3ccccc3c2-c2[nH]c3ccc(-c4ccc5c(c4)c4ccccc4n5-c4ccccc4)cc3c21. The third kappa shape index (κ3) is 4.55. The number of hydrogen-bond acceptors (Lipinski definition) is 0. The molecule has 0 atom stereocenters. The molecule has 47 heavy (non-hydrogen) atoms. The third-order valence-corrected chi connectivity index (χ3v) is 9.83. The number of fused-ring (bicyclic) bond motifs is 10. The monoisotopic (exact) mass is 606 g/mol. The van der Waals surface area contributed by atoms with Crippen molar-refractivity contribution in [1.82, 2.24) is 9.55 Å². The Kier molecular flexibility index (Phi) is 6.95. The molecule has 8 aromatic rings. The highest BCUT2D eigenvalue weighted by atomic mass is 15.0. The first-order chi connectivity index (χ1) is 23.0. The Morgan fingerprint density at radius 3 is 2.13 bits per heavy atom. The van der Waals surface area contributed by atoms with E-state index in [4.69, 9.17) is 0 Å². The van der Waals surface area contributed by atoms with E-state index in [2.05, 4.69) is 163 Å². The van der Waals surface area contributed by atoms with Crippen LogP contribution < -0.4 is 0 Å². The van der Waals surface area contributed by atoms with Gasteiger partial charge in [-0.05, 0) is 88.8 Å². The van der Waals surface area contributed by atoms with E-state index in [1.807, 2.05) is 19.1 Å². The fourth-order valence-corrected chi connectivity index (χ4v) is 7.64. The van der Waals surface area contributed by atoms with Crippen LogP contribution in [0, 0.1) is 0 Å². The highest BCUT2D eigenvalue weighted by Crippen LogP contribution is 2.54. The van der Waals surface area contributed by atoms with Crippen LogP contribution in [-0.4, -0.2) is 9.55 Å². The van der Waals surface area contributed by atoms with Crippen molar-refractivity contribution in [3.63, 3.8) is 0 Å². The second kappa shape index (κ2) is 11.3. The van der Waals surface area contributed by atoms with Crippen LogP contribution in [0.5, 0.6) is 0 Å². The summed E-state index contributed by atoms with van der Waals surface area (Å²) in [5, 5.41) is 6.48. The zero-order chi connectivity index (χ0) is 32.1. The van der Waals surface area contributed by atoms with Crippen molar-refractivity contribution in [2.45, 2.75) is 32.6 Å². The molecule has 1 N–H and O–H groups in total. The predicted octanol–water partition coefficient (Wildman–Crippen LogP) is 12.5. The fourth-order valence-electron chi connectivity index (χ4n) is 7.64. The molecule has 1 aliphatic carbocycles. The van der Waals surface area contributed by atoms with Crippen LogP contribution in [0.15, 0.2) is 152 Å². The first kappa shape index (κ1) is 28.8. The highest BCUT2D eigenvalue weighted by molar-refractivity contribution is 6.11. The predicted molar refractivity (Wildman–Crippen MR) is 203 cm³/mol. The summed E-state index contributed by atoms with van der Waals surface area (Å²) in [6.45, 7) is 10.3. The molecule has 2 heterocycles. The maximum Gasteiger partial charge on any atom is 0.0541 e. The standard InChI is InChI=1S/C39H28N2.C6H10/c1-39(2)32-19-16-24-10-6-7-13-28(24)36(32)38-37(39)31-23-25(17-20-33(31)40-38)26-18-21-35-30(22-26)29-14-8-9-15-34(29)41(35)27-11-4-3-5-12-27;1-3-5-6-4-2/h3-23,40H,1-2H3;3-4,6H,1,5H2,2H3/b;6-4-. The van der Waals surface area contributed by atoms with Crippen LogP contribution in [-0.2, 0) is 5.41 Å². The molecule has 0 aliphatic heterocycles. The van der Waals surface area contributed by atoms with Gasteiger partial charge in [0, 0.05) is 38.3 Å². The van der Waals surface area contributed by atoms with Gasteiger partial charge in [-0.3, -0.25) is 0 Å². The van der Waals surface area contributed by atoms with E-state index in [0.717, 1.165) is 6.42 Å². The Bertz CT molecular complexity index is 2480. The number of nitrogens with zero attached hydrogens (tertiary/aromatic N) is 1. The number of para-hydroxylation sites is 2. The van der Waals surface area contributed by atoms with Crippen LogP contribution >= 0.6 is 0 Å². The summed E-state index contributed by atoms with van der Waals surface area (Å²) in [5.74, 6) is 0. The fraction of sp³-hybridized carbons (Fsp3) is 0.111. The quantitative estimate of drug-likeness (QED) is 0.192. The average Bonchev–Trinajstić information content (AvgIpc) is 3.73. The van der Waals surface area contributed by atoms with Gasteiger partial charge in [-0.1, -0.05) is 117 Å². The molecule has 0 unspecified atom stereocenters. The molecule has 0 amide bonds. The van der Waals surface area contributed by atoms with Gasteiger partial charge in [0.25, 0.3) is 0 Å². The van der Waals surface area contributed by atoms with Gasteiger partial charge >= 0.3 is 0 Å². The molecule has 0 radical (unpaired) electrons. The molecule has 228 valence electrons. The van der Waals surface area contributed by atoms with E-state index in [1.165, 1.54) is 82.7 Å². The number of nitrogens with one attached hydrogen (secondary N) is 1. The zero-order valence-corrected chi connectivity index (χ0v) is 27.2. The molecule has 9 rings (SSSR count). The summed E-state index contributed by atoms with van der Waals surface area (Å²) in [5.41, 5.74) is 12.7. The minimum absolute atomic E-state index is 0.0847. The van der Waals surface area contributed by atoms with Crippen molar-refractivity contribution >= 4 is 43.5 Å². The van der Waals surface area contributed by atoms with E-state index < -0.39 is 0 Å². The second-order valence-corrected chi connectivity index (χ2v) is 13.0. The molecule has 1 aliphatic rings.